The largest absolute Gasteiger partial charge is 0.355 e. The van der Waals surface area contributed by atoms with E-state index < -0.39 is 0 Å². The maximum Gasteiger partial charge on any atom is 0.183 e. The molecule has 1 N–H and O–H groups in total. The van der Waals surface area contributed by atoms with Crippen LogP contribution in [0.15, 0.2) is 5.38 Å². The van der Waals surface area contributed by atoms with E-state index in [1.807, 2.05) is 0 Å². The molecule has 0 aromatic carbocycles. The molecule has 1 aliphatic carbocycles. The first-order valence-electron chi connectivity index (χ1n) is 5.56. The first kappa shape index (κ1) is 11.2. The quantitative estimate of drug-likeness (QED) is 0.818. The highest BCUT2D eigenvalue weighted by molar-refractivity contribution is 7.13. The molecule has 0 unspecified atom stereocenters. The highest BCUT2D eigenvalue weighted by atomic mass is 35.5. The molecule has 15 heavy (non-hydrogen) atoms. The Bertz CT molecular complexity index is 318. The Kier molecular flexibility index (Phi) is 3.52. The molecule has 4 heteroatoms. The van der Waals surface area contributed by atoms with Gasteiger partial charge in [-0.2, -0.15) is 0 Å². The number of nitrogens with one attached hydrogen (secondary N) is 1. The summed E-state index contributed by atoms with van der Waals surface area (Å²) in [5, 5.41) is 6.69. The van der Waals surface area contributed by atoms with Crippen LogP contribution < -0.4 is 5.32 Å². The van der Waals surface area contributed by atoms with Crippen LogP contribution in [0.4, 0.5) is 5.13 Å². The lowest BCUT2D eigenvalue weighted by molar-refractivity contribution is 0.539. The van der Waals surface area contributed by atoms with Gasteiger partial charge in [0.1, 0.15) is 0 Å². The summed E-state index contributed by atoms with van der Waals surface area (Å²) in [6.45, 7) is 2.13. The van der Waals surface area contributed by atoms with Gasteiger partial charge in [0, 0.05) is 11.3 Å². The minimum absolute atomic E-state index is 0.115. The monoisotopic (exact) mass is 244 g/mol. The van der Waals surface area contributed by atoms with Gasteiger partial charge in [0.15, 0.2) is 5.13 Å². The molecule has 0 atom stereocenters. The lowest BCUT2D eigenvalue weighted by Gasteiger charge is -2.27. The number of nitrogens with zero attached hydrogens (tertiary/aromatic N) is 1. The molecule has 1 aromatic rings. The Labute approximate surface area is 100 Å². The van der Waals surface area contributed by atoms with Gasteiger partial charge in [-0.05, 0) is 19.3 Å². The minimum atomic E-state index is 0.115. The fourth-order valence-electron chi connectivity index (χ4n) is 2.10. The van der Waals surface area contributed by atoms with E-state index in [1.165, 1.54) is 31.4 Å². The third kappa shape index (κ3) is 2.45. The van der Waals surface area contributed by atoms with Crippen LogP contribution in [-0.2, 0) is 6.42 Å². The summed E-state index contributed by atoms with van der Waals surface area (Å²) >= 11 is 7.76. The fraction of sp³-hybridized carbons (Fsp3) is 0.727. The van der Waals surface area contributed by atoms with Crippen LogP contribution in [-0.4, -0.2) is 16.4 Å². The zero-order valence-electron chi connectivity index (χ0n) is 9.05. The van der Waals surface area contributed by atoms with Crippen molar-refractivity contribution in [1.29, 1.82) is 0 Å². The van der Waals surface area contributed by atoms with E-state index in [9.17, 15) is 0 Å². The molecule has 0 amide bonds. The van der Waals surface area contributed by atoms with Gasteiger partial charge >= 0.3 is 0 Å². The van der Waals surface area contributed by atoms with Crippen LogP contribution in [0, 0.1) is 0 Å². The topological polar surface area (TPSA) is 24.9 Å². The Morgan fingerprint density at radius 1 is 1.53 bits per heavy atom. The Balaban J connectivity index is 2.05. The van der Waals surface area contributed by atoms with Gasteiger partial charge in [-0.25, -0.2) is 4.98 Å². The van der Waals surface area contributed by atoms with E-state index in [4.69, 9.17) is 11.6 Å². The first-order chi connectivity index (χ1) is 7.28. The van der Waals surface area contributed by atoms with Gasteiger partial charge in [-0.3, -0.25) is 0 Å². The van der Waals surface area contributed by atoms with E-state index in [2.05, 4.69) is 22.6 Å². The lowest BCUT2D eigenvalue weighted by Crippen LogP contribution is -2.36. The zero-order valence-corrected chi connectivity index (χ0v) is 10.6. The predicted molar refractivity (Wildman–Crippen MR) is 67.0 cm³/mol. The second-order valence-corrected chi connectivity index (χ2v) is 5.37. The van der Waals surface area contributed by atoms with E-state index >= 15 is 0 Å². The van der Waals surface area contributed by atoms with E-state index in [0.29, 0.717) is 5.88 Å². The molecule has 1 fully saturated rings. The normalized spacial score (nSPS) is 19.3. The maximum atomic E-state index is 6.07. The van der Waals surface area contributed by atoms with Crippen molar-refractivity contribution >= 4 is 28.1 Å². The summed E-state index contributed by atoms with van der Waals surface area (Å²) in [5.74, 6) is 0.689. The van der Waals surface area contributed by atoms with Crippen LogP contribution in [0.2, 0.25) is 0 Å². The summed E-state index contributed by atoms with van der Waals surface area (Å²) in [7, 11) is 0. The van der Waals surface area contributed by atoms with Crippen molar-refractivity contribution < 1.29 is 0 Å². The SMILES string of the molecule is CCc1csc(NC2(CCl)CCCC2)n1. The van der Waals surface area contributed by atoms with Crippen molar-refractivity contribution in [2.45, 2.75) is 44.6 Å². The predicted octanol–water partition coefficient (Wildman–Crippen LogP) is 3.67. The van der Waals surface area contributed by atoms with Crippen molar-refractivity contribution in [2.24, 2.45) is 0 Å². The highest BCUT2D eigenvalue weighted by Gasteiger charge is 2.33. The van der Waals surface area contributed by atoms with Crippen LogP contribution in [0.25, 0.3) is 0 Å². The zero-order chi connectivity index (χ0) is 10.7. The van der Waals surface area contributed by atoms with E-state index in [-0.39, 0.29) is 5.54 Å². The number of rotatable bonds is 4. The molecule has 1 aliphatic rings. The molecule has 1 heterocycles. The average molecular weight is 245 g/mol. The number of hydrogen-bond acceptors (Lipinski definition) is 3. The molecule has 0 radical (unpaired) electrons. The van der Waals surface area contributed by atoms with Crippen LogP contribution >= 0.6 is 22.9 Å². The molecular weight excluding hydrogens is 228 g/mol. The highest BCUT2D eigenvalue weighted by Crippen LogP contribution is 2.34. The number of aromatic nitrogens is 1. The fourth-order valence-corrected chi connectivity index (χ4v) is 3.34. The second-order valence-electron chi connectivity index (χ2n) is 4.24. The molecule has 1 saturated carbocycles. The van der Waals surface area contributed by atoms with Crippen LogP contribution in [0.5, 0.6) is 0 Å². The van der Waals surface area contributed by atoms with Crippen molar-refractivity contribution in [3.05, 3.63) is 11.1 Å². The summed E-state index contributed by atoms with van der Waals surface area (Å²) in [5.41, 5.74) is 1.29. The van der Waals surface area contributed by atoms with Gasteiger partial charge in [0.2, 0.25) is 0 Å². The number of hydrogen-bond donors (Lipinski definition) is 1. The third-order valence-electron chi connectivity index (χ3n) is 3.10. The van der Waals surface area contributed by atoms with Gasteiger partial charge < -0.3 is 5.32 Å². The smallest absolute Gasteiger partial charge is 0.183 e. The number of aryl methyl sites for hydroxylation is 1. The second kappa shape index (κ2) is 4.71. The van der Waals surface area contributed by atoms with Gasteiger partial charge in [0.05, 0.1) is 11.2 Å². The van der Waals surface area contributed by atoms with Gasteiger partial charge in [0.25, 0.3) is 0 Å². The molecule has 2 nitrogen and oxygen atoms in total. The van der Waals surface area contributed by atoms with Crippen molar-refractivity contribution in [3.8, 4) is 0 Å². The molecule has 2 rings (SSSR count). The molecule has 84 valence electrons. The summed E-state index contributed by atoms with van der Waals surface area (Å²) in [4.78, 5) is 4.53. The molecule has 0 saturated heterocycles. The van der Waals surface area contributed by atoms with Crippen molar-refractivity contribution in [1.82, 2.24) is 4.98 Å². The van der Waals surface area contributed by atoms with Crippen LogP contribution in [0.3, 0.4) is 0 Å². The first-order valence-corrected chi connectivity index (χ1v) is 6.98. The Hall–Kier alpha value is -0.280. The number of thiazole rings is 1. The third-order valence-corrected chi connectivity index (χ3v) is 4.42. The average Bonchev–Trinajstić information content (AvgIpc) is 2.88. The van der Waals surface area contributed by atoms with Gasteiger partial charge in [-0.15, -0.1) is 22.9 Å². The lowest BCUT2D eigenvalue weighted by atomic mass is 10.0. The maximum absolute atomic E-state index is 6.07. The van der Waals surface area contributed by atoms with Crippen molar-refractivity contribution in [3.63, 3.8) is 0 Å². The number of halogens is 1. The Morgan fingerprint density at radius 2 is 2.27 bits per heavy atom. The van der Waals surface area contributed by atoms with Crippen molar-refractivity contribution in [2.75, 3.05) is 11.2 Å². The number of anilines is 1. The standard InChI is InChI=1S/C11H17ClN2S/c1-2-9-7-15-10(13-9)14-11(8-12)5-3-4-6-11/h7H,2-6,8H2,1H3,(H,13,14). The molecular formula is C11H17ClN2S. The minimum Gasteiger partial charge on any atom is -0.355 e. The van der Waals surface area contributed by atoms with Crippen LogP contribution in [0.1, 0.15) is 38.3 Å². The Morgan fingerprint density at radius 3 is 2.80 bits per heavy atom. The number of alkyl halides is 1. The van der Waals surface area contributed by atoms with E-state index in [0.717, 1.165) is 11.6 Å². The summed E-state index contributed by atoms with van der Waals surface area (Å²) < 4.78 is 0. The summed E-state index contributed by atoms with van der Waals surface area (Å²) in [6.07, 6.45) is 5.93. The molecule has 0 spiro atoms. The summed E-state index contributed by atoms with van der Waals surface area (Å²) in [6, 6.07) is 0. The molecule has 0 aliphatic heterocycles. The van der Waals surface area contributed by atoms with E-state index in [1.54, 1.807) is 11.3 Å². The van der Waals surface area contributed by atoms with Gasteiger partial charge in [-0.1, -0.05) is 19.8 Å². The molecule has 0 bridgehead atoms. The molecule has 1 aromatic heterocycles.